The minimum absolute atomic E-state index is 0.234. The number of rotatable bonds is 5. The summed E-state index contributed by atoms with van der Waals surface area (Å²) >= 11 is 12.2. The number of aryl methyl sites for hydroxylation is 1. The van der Waals surface area contributed by atoms with Gasteiger partial charge >= 0.3 is 0 Å². The molecule has 0 spiro atoms. The van der Waals surface area contributed by atoms with Gasteiger partial charge in [-0.05, 0) is 38.0 Å². The highest BCUT2D eigenvalue weighted by atomic mass is 35.5. The van der Waals surface area contributed by atoms with Gasteiger partial charge in [0.05, 0.1) is 16.8 Å². The molecule has 23 heavy (non-hydrogen) atoms. The number of hydrogen-bond donors (Lipinski definition) is 2. The van der Waals surface area contributed by atoms with Crippen molar-refractivity contribution in [1.29, 1.82) is 0 Å². The van der Waals surface area contributed by atoms with E-state index in [1.165, 1.54) is 0 Å². The van der Waals surface area contributed by atoms with Crippen LogP contribution in [0.25, 0.3) is 0 Å². The highest BCUT2D eigenvalue weighted by Crippen LogP contribution is 2.28. The Morgan fingerprint density at radius 2 is 2.13 bits per heavy atom. The first-order valence-corrected chi connectivity index (χ1v) is 8.29. The number of hydrogen-bond acceptors (Lipinski definition) is 5. The molecule has 2 aromatic rings. The van der Waals surface area contributed by atoms with Crippen LogP contribution in [0.1, 0.15) is 18.5 Å². The van der Waals surface area contributed by atoms with Crippen molar-refractivity contribution in [2.24, 2.45) is 0 Å². The van der Waals surface area contributed by atoms with E-state index in [4.69, 9.17) is 27.9 Å². The number of nitrogens with one attached hydrogen (secondary N) is 2. The lowest BCUT2D eigenvalue weighted by atomic mass is 10.2. The quantitative estimate of drug-likeness (QED) is 0.833. The highest BCUT2D eigenvalue weighted by molar-refractivity contribution is 6.35. The van der Waals surface area contributed by atoms with Crippen LogP contribution in [-0.2, 0) is 4.74 Å². The summed E-state index contributed by atoms with van der Waals surface area (Å²) in [4.78, 5) is 8.87. The fourth-order valence-electron chi connectivity index (χ4n) is 2.45. The Labute approximate surface area is 145 Å². The molecule has 0 aliphatic carbocycles. The van der Waals surface area contributed by atoms with Crippen molar-refractivity contribution >= 4 is 40.7 Å². The van der Waals surface area contributed by atoms with E-state index >= 15 is 0 Å². The average molecular weight is 353 g/mol. The zero-order valence-electron chi connectivity index (χ0n) is 12.8. The molecular weight excluding hydrogens is 335 g/mol. The Balaban J connectivity index is 1.72. The smallest absolute Gasteiger partial charge is 0.224 e. The largest absolute Gasteiger partial charge is 0.376 e. The van der Waals surface area contributed by atoms with Gasteiger partial charge in [0, 0.05) is 29.9 Å². The minimum atomic E-state index is 0.234. The van der Waals surface area contributed by atoms with Crippen LogP contribution in [0.5, 0.6) is 0 Å². The van der Waals surface area contributed by atoms with Gasteiger partial charge in [0.15, 0.2) is 0 Å². The van der Waals surface area contributed by atoms with Crippen LogP contribution in [0.3, 0.4) is 0 Å². The van der Waals surface area contributed by atoms with Gasteiger partial charge < -0.3 is 15.4 Å². The first kappa shape index (κ1) is 16.3. The van der Waals surface area contributed by atoms with E-state index in [-0.39, 0.29) is 6.10 Å². The van der Waals surface area contributed by atoms with Crippen molar-refractivity contribution in [1.82, 2.24) is 9.97 Å². The molecule has 0 radical (unpaired) electrons. The zero-order valence-corrected chi connectivity index (χ0v) is 14.3. The van der Waals surface area contributed by atoms with Crippen molar-refractivity contribution in [3.8, 4) is 0 Å². The van der Waals surface area contributed by atoms with E-state index < -0.39 is 0 Å². The summed E-state index contributed by atoms with van der Waals surface area (Å²) in [6, 6.07) is 7.11. The van der Waals surface area contributed by atoms with Crippen LogP contribution >= 0.6 is 23.2 Å². The summed E-state index contributed by atoms with van der Waals surface area (Å²) in [6.07, 6.45) is 2.42. The van der Waals surface area contributed by atoms with E-state index in [0.717, 1.165) is 25.1 Å². The van der Waals surface area contributed by atoms with Crippen molar-refractivity contribution in [2.75, 3.05) is 23.8 Å². The molecule has 0 amide bonds. The first-order valence-electron chi connectivity index (χ1n) is 7.53. The number of aromatic nitrogens is 2. The monoisotopic (exact) mass is 352 g/mol. The highest BCUT2D eigenvalue weighted by Gasteiger charge is 2.15. The molecule has 2 N–H and O–H groups in total. The Morgan fingerprint density at radius 3 is 2.91 bits per heavy atom. The molecule has 1 saturated heterocycles. The number of halogens is 2. The van der Waals surface area contributed by atoms with E-state index in [1.807, 2.05) is 13.0 Å². The van der Waals surface area contributed by atoms with Crippen molar-refractivity contribution in [2.45, 2.75) is 25.9 Å². The Hall–Kier alpha value is -1.56. The molecule has 1 fully saturated rings. The van der Waals surface area contributed by atoms with Gasteiger partial charge in [-0.15, -0.1) is 0 Å². The van der Waals surface area contributed by atoms with Gasteiger partial charge in [0.1, 0.15) is 5.82 Å². The summed E-state index contributed by atoms with van der Waals surface area (Å²) in [5, 5.41) is 7.61. The fourth-order valence-corrected chi connectivity index (χ4v) is 2.79. The molecule has 0 bridgehead atoms. The number of ether oxygens (including phenoxy) is 1. The Bertz CT molecular complexity index is 690. The maximum absolute atomic E-state index is 6.18. The normalized spacial score (nSPS) is 17.3. The summed E-state index contributed by atoms with van der Waals surface area (Å²) in [5.41, 5.74) is 1.57. The number of benzene rings is 1. The SMILES string of the molecule is Cc1cc(Nc2cc(Cl)ccc2Cl)nc(NCC2CCCO2)n1. The third-order valence-electron chi connectivity index (χ3n) is 3.56. The molecule has 122 valence electrons. The molecule has 1 aromatic heterocycles. The molecule has 1 atom stereocenters. The van der Waals surface area contributed by atoms with Crippen LogP contribution in [0.2, 0.25) is 10.0 Å². The maximum Gasteiger partial charge on any atom is 0.224 e. The Morgan fingerprint density at radius 1 is 1.26 bits per heavy atom. The van der Waals surface area contributed by atoms with Gasteiger partial charge in [-0.25, -0.2) is 4.98 Å². The number of anilines is 3. The molecule has 5 nitrogen and oxygen atoms in total. The average Bonchev–Trinajstić information content (AvgIpc) is 3.02. The lowest BCUT2D eigenvalue weighted by Crippen LogP contribution is -2.20. The van der Waals surface area contributed by atoms with Crippen molar-refractivity contribution < 1.29 is 4.74 Å². The first-order chi connectivity index (χ1) is 11.1. The minimum Gasteiger partial charge on any atom is -0.376 e. The van der Waals surface area contributed by atoms with Gasteiger partial charge in [0.2, 0.25) is 5.95 Å². The molecule has 1 aromatic carbocycles. The van der Waals surface area contributed by atoms with Gasteiger partial charge in [-0.2, -0.15) is 4.98 Å². The van der Waals surface area contributed by atoms with Gasteiger partial charge in [0.25, 0.3) is 0 Å². The van der Waals surface area contributed by atoms with Crippen LogP contribution in [0, 0.1) is 6.92 Å². The third-order valence-corrected chi connectivity index (χ3v) is 4.12. The van der Waals surface area contributed by atoms with E-state index in [9.17, 15) is 0 Å². The molecule has 3 rings (SSSR count). The lowest BCUT2D eigenvalue weighted by Gasteiger charge is -2.13. The van der Waals surface area contributed by atoms with Gasteiger partial charge in [-0.1, -0.05) is 23.2 Å². The predicted octanol–water partition coefficient (Wildman–Crippen LogP) is 4.43. The van der Waals surface area contributed by atoms with Crippen LogP contribution in [0.4, 0.5) is 17.5 Å². The fraction of sp³-hybridized carbons (Fsp3) is 0.375. The molecule has 7 heteroatoms. The predicted molar refractivity (Wildman–Crippen MR) is 94.0 cm³/mol. The summed E-state index contributed by atoms with van der Waals surface area (Å²) in [7, 11) is 0. The molecule has 2 heterocycles. The van der Waals surface area contributed by atoms with Crippen LogP contribution in [0.15, 0.2) is 24.3 Å². The lowest BCUT2D eigenvalue weighted by molar-refractivity contribution is 0.120. The van der Waals surface area contributed by atoms with Crippen LogP contribution in [-0.4, -0.2) is 29.2 Å². The van der Waals surface area contributed by atoms with E-state index in [2.05, 4.69) is 20.6 Å². The molecule has 1 unspecified atom stereocenters. The summed E-state index contributed by atoms with van der Waals surface area (Å²) in [5.74, 6) is 1.23. The third kappa shape index (κ3) is 4.47. The molecule has 0 saturated carbocycles. The molecule has 1 aliphatic rings. The number of nitrogens with zero attached hydrogens (tertiary/aromatic N) is 2. The summed E-state index contributed by atoms with van der Waals surface area (Å²) in [6.45, 7) is 3.46. The second-order valence-corrected chi connectivity index (χ2v) is 6.33. The van der Waals surface area contributed by atoms with Gasteiger partial charge in [-0.3, -0.25) is 0 Å². The zero-order chi connectivity index (χ0) is 16.2. The standard InChI is InChI=1S/C16H18Cl2N4O/c1-10-7-15(21-14-8-11(17)4-5-13(14)18)22-16(20-10)19-9-12-3-2-6-23-12/h4-5,7-8,12H,2-3,6,9H2,1H3,(H2,19,20,21,22). The second-order valence-electron chi connectivity index (χ2n) is 5.48. The maximum atomic E-state index is 6.18. The summed E-state index contributed by atoms with van der Waals surface area (Å²) < 4.78 is 5.59. The van der Waals surface area contributed by atoms with E-state index in [1.54, 1.807) is 18.2 Å². The topological polar surface area (TPSA) is 59.1 Å². The van der Waals surface area contributed by atoms with Crippen molar-refractivity contribution in [3.63, 3.8) is 0 Å². The molecular formula is C16H18Cl2N4O. The molecule has 1 aliphatic heterocycles. The second kappa shape index (κ2) is 7.34. The Kier molecular flexibility index (Phi) is 5.20. The van der Waals surface area contributed by atoms with E-state index in [0.29, 0.717) is 34.0 Å². The van der Waals surface area contributed by atoms with Crippen molar-refractivity contribution in [3.05, 3.63) is 40.0 Å². The van der Waals surface area contributed by atoms with Crippen LogP contribution < -0.4 is 10.6 Å².